The van der Waals surface area contributed by atoms with Gasteiger partial charge in [0, 0.05) is 50.4 Å². The van der Waals surface area contributed by atoms with Crippen molar-refractivity contribution in [3.8, 4) is 0 Å². The molecule has 1 atom stereocenters. The zero-order valence-electron chi connectivity index (χ0n) is 12.1. The van der Waals surface area contributed by atoms with Gasteiger partial charge in [-0.2, -0.15) is 5.10 Å². The molecule has 2 heterocycles. The fourth-order valence-corrected chi connectivity index (χ4v) is 2.89. The third kappa shape index (κ3) is 3.15. The van der Waals surface area contributed by atoms with Gasteiger partial charge in [-0.1, -0.05) is 6.92 Å². The highest BCUT2D eigenvalue weighted by atomic mass is 16.2. The van der Waals surface area contributed by atoms with Crippen molar-refractivity contribution >= 4 is 5.91 Å². The standard InChI is InChI=1S/C14H24N4O/c1-11(10-15-2)14(19)18-8-5-12(6-9-18)13-4-7-16-17(13)3/h4,7,11-12,15H,5-6,8-10H2,1-3H3. The van der Waals surface area contributed by atoms with E-state index >= 15 is 0 Å². The highest BCUT2D eigenvalue weighted by Crippen LogP contribution is 2.27. The number of likely N-dealkylation sites (tertiary alicyclic amines) is 1. The first-order valence-electron chi connectivity index (χ1n) is 7.04. The smallest absolute Gasteiger partial charge is 0.226 e. The van der Waals surface area contributed by atoms with Crippen molar-refractivity contribution < 1.29 is 4.79 Å². The van der Waals surface area contributed by atoms with E-state index < -0.39 is 0 Å². The number of carbonyl (C=O) groups is 1. The van der Waals surface area contributed by atoms with Crippen LogP contribution >= 0.6 is 0 Å². The maximum Gasteiger partial charge on any atom is 0.226 e. The van der Waals surface area contributed by atoms with Gasteiger partial charge >= 0.3 is 0 Å². The summed E-state index contributed by atoms with van der Waals surface area (Å²) < 4.78 is 1.95. The molecule has 1 aliphatic rings. The molecule has 1 aromatic heterocycles. The number of aromatic nitrogens is 2. The second-order valence-electron chi connectivity index (χ2n) is 5.44. The Labute approximate surface area is 115 Å². The fourth-order valence-electron chi connectivity index (χ4n) is 2.89. The lowest BCUT2D eigenvalue weighted by Crippen LogP contribution is -2.43. The van der Waals surface area contributed by atoms with Crippen LogP contribution < -0.4 is 5.32 Å². The van der Waals surface area contributed by atoms with Gasteiger partial charge in [-0.25, -0.2) is 0 Å². The lowest BCUT2D eigenvalue weighted by Gasteiger charge is -2.33. The Bertz CT molecular complexity index is 421. The van der Waals surface area contributed by atoms with Crippen LogP contribution in [0.2, 0.25) is 0 Å². The molecule has 106 valence electrons. The minimum atomic E-state index is 0.0678. The number of aryl methyl sites for hydroxylation is 1. The molecule has 1 amide bonds. The summed E-state index contributed by atoms with van der Waals surface area (Å²) in [5.41, 5.74) is 1.29. The van der Waals surface area contributed by atoms with E-state index in [1.165, 1.54) is 5.69 Å². The van der Waals surface area contributed by atoms with Crippen molar-refractivity contribution in [2.75, 3.05) is 26.7 Å². The van der Waals surface area contributed by atoms with E-state index in [2.05, 4.69) is 16.5 Å². The Kier molecular flexibility index (Phi) is 4.58. The third-order valence-electron chi connectivity index (χ3n) is 4.02. The lowest BCUT2D eigenvalue weighted by molar-refractivity contribution is -0.135. The van der Waals surface area contributed by atoms with Gasteiger partial charge in [0.05, 0.1) is 0 Å². The van der Waals surface area contributed by atoms with E-state index in [1.807, 2.05) is 36.8 Å². The second kappa shape index (κ2) is 6.19. The molecule has 5 heteroatoms. The molecule has 0 spiro atoms. The number of hydrogen-bond donors (Lipinski definition) is 1. The van der Waals surface area contributed by atoms with Gasteiger partial charge in [0.25, 0.3) is 0 Å². The van der Waals surface area contributed by atoms with E-state index in [1.54, 1.807) is 0 Å². The summed E-state index contributed by atoms with van der Waals surface area (Å²) in [6.45, 7) is 4.47. The van der Waals surface area contributed by atoms with Crippen LogP contribution in [0.3, 0.4) is 0 Å². The van der Waals surface area contributed by atoms with Crippen molar-refractivity contribution in [2.45, 2.75) is 25.7 Å². The molecule has 0 radical (unpaired) electrons. The maximum atomic E-state index is 12.2. The first kappa shape index (κ1) is 14.1. The summed E-state index contributed by atoms with van der Waals surface area (Å²) in [4.78, 5) is 14.2. The molecule has 19 heavy (non-hydrogen) atoms. The highest BCUT2D eigenvalue weighted by Gasteiger charge is 2.27. The number of carbonyl (C=O) groups excluding carboxylic acids is 1. The number of piperidine rings is 1. The summed E-state index contributed by atoms with van der Waals surface area (Å²) in [5.74, 6) is 0.882. The van der Waals surface area contributed by atoms with Gasteiger partial charge in [-0.05, 0) is 26.0 Å². The first-order chi connectivity index (χ1) is 9.13. The minimum absolute atomic E-state index is 0.0678. The van der Waals surface area contributed by atoms with Crippen LogP contribution in [0.5, 0.6) is 0 Å². The Morgan fingerprint density at radius 3 is 2.74 bits per heavy atom. The predicted octanol–water partition coefficient (Wildman–Crippen LogP) is 0.982. The Morgan fingerprint density at radius 1 is 1.53 bits per heavy atom. The fraction of sp³-hybridized carbons (Fsp3) is 0.714. The summed E-state index contributed by atoms with van der Waals surface area (Å²) in [6, 6.07) is 2.09. The number of nitrogens with one attached hydrogen (secondary N) is 1. The van der Waals surface area contributed by atoms with Gasteiger partial charge in [0.2, 0.25) is 5.91 Å². The van der Waals surface area contributed by atoms with Crippen LogP contribution in [0, 0.1) is 5.92 Å². The van der Waals surface area contributed by atoms with Crippen LogP contribution in [-0.2, 0) is 11.8 Å². The topological polar surface area (TPSA) is 50.2 Å². The van der Waals surface area contributed by atoms with Gasteiger partial charge in [0.15, 0.2) is 0 Å². The molecule has 1 unspecified atom stereocenters. The van der Waals surface area contributed by atoms with E-state index in [4.69, 9.17) is 0 Å². The third-order valence-corrected chi connectivity index (χ3v) is 4.02. The van der Waals surface area contributed by atoms with Crippen LogP contribution in [0.25, 0.3) is 0 Å². The zero-order valence-corrected chi connectivity index (χ0v) is 12.1. The molecule has 1 saturated heterocycles. The van der Waals surface area contributed by atoms with Crippen molar-refractivity contribution in [1.82, 2.24) is 20.0 Å². The van der Waals surface area contributed by atoms with Crippen molar-refractivity contribution in [1.29, 1.82) is 0 Å². The quantitative estimate of drug-likeness (QED) is 0.882. The molecule has 0 aliphatic carbocycles. The largest absolute Gasteiger partial charge is 0.342 e. The van der Waals surface area contributed by atoms with E-state index in [9.17, 15) is 4.79 Å². The number of nitrogens with zero attached hydrogens (tertiary/aromatic N) is 3. The van der Waals surface area contributed by atoms with Crippen LogP contribution in [0.1, 0.15) is 31.4 Å². The molecular weight excluding hydrogens is 240 g/mol. The molecule has 1 aliphatic heterocycles. The minimum Gasteiger partial charge on any atom is -0.342 e. The monoisotopic (exact) mass is 264 g/mol. The number of amides is 1. The van der Waals surface area contributed by atoms with Gasteiger partial charge in [-0.3, -0.25) is 9.48 Å². The average Bonchev–Trinajstić information content (AvgIpc) is 2.84. The summed E-state index contributed by atoms with van der Waals surface area (Å²) in [5, 5.41) is 7.29. The lowest BCUT2D eigenvalue weighted by atomic mass is 9.93. The zero-order chi connectivity index (χ0) is 13.8. The molecule has 1 N–H and O–H groups in total. The van der Waals surface area contributed by atoms with E-state index in [-0.39, 0.29) is 11.8 Å². The van der Waals surface area contributed by atoms with Gasteiger partial charge in [-0.15, -0.1) is 0 Å². The first-order valence-corrected chi connectivity index (χ1v) is 7.04. The number of rotatable bonds is 4. The van der Waals surface area contributed by atoms with Crippen molar-refractivity contribution in [3.05, 3.63) is 18.0 Å². The summed E-state index contributed by atoms with van der Waals surface area (Å²) in [6.07, 6.45) is 3.93. The van der Waals surface area contributed by atoms with Crippen molar-refractivity contribution in [3.63, 3.8) is 0 Å². The SMILES string of the molecule is CNCC(C)C(=O)N1CCC(c2ccnn2C)CC1. The van der Waals surface area contributed by atoms with Crippen LogP contribution in [0.15, 0.2) is 12.3 Å². The van der Waals surface area contributed by atoms with Crippen LogP contribution in [0.4, 0.5) is 0 Å². The van der Waals surface area contributed by atoms with E-state index in [0.717, 1.165) is 32.5 Å². The average molecular weight is 264 g/mol. The molecule has 0 aromatic carbocycles. The Morgan fingerprint density at radius 2 is 2.21 bits per heavy atom. The van der Waals surface area contributed by atoms with Crippen LogP contribution in [-0.4, -0.2) is 47.3 Å². The molecule has 0 bridgehead atoms. The molecule has 1 fully saturated rings. The summed E-state index contributed by atoms with van der Waals surface area (Å²) in [7, 11) is 3.88. The predicted molar refractivity (Wildman–Crippen MR) is 74.9 cm³/mol. The normalized spacial score (nSPS) is 18.6. The highest BCUT2D eigenvalue weighted by molar-refractivity contribution is 5.78. The molecular formula is C14H24N4O. The molecule has 2 rings (SSSR count). The number of hydrogen-bond acceptors (Lipinski definition) is 3. The molecule has 0 saturated carbocycles. The van der Waals surface area contributed by atoms with Gasteiger partial charge in [0.1, 0.15) is 0 Å². The second-order valence-corrected chi connectivity index (χ2v) is 5.44. The molecule has 1 aromatic rings. The Balaban J connectivity index is 1.89. The Hall–Kier alpha value is -1.36. The maximum absolute atomic E-state index is 12.2. The summed E-state index contributed by atoms with van der Waals surface area (Å²) >= 11 is 0. The molecule has 5 nitrogen and oxygen atoms in total. The van der Waals surface area contributed by atoms with E-state index in [0.29, 0.717) is 5.92 Å². The van der Waals surface area contributed by atoms with Gasteiger partial charge < -0.3 is 10.2 Å². The van der Waals surface area contributed by atoms with Crippen molar-refractivity contribution in [2.24, 2.45) is 13.0 Å².